The van der Waals surface area contributed by atoms with Crippen LogP contribution in [0, 0.1) is 0 Å². The number of hydrogen-bond donors (Lipinski definition) is 1. The zero-order chi connectivity index (χ0) is 12.3. The molecule has 0 aliphatic carbocycles. The third-order valence-corrected chi connectivity index (χ3v) is 2.95. The van der Waals surface area contributed by atoms with E-state index in [0.29, 0.717) is 37.7 Å². The van der Waals surface area contributed by atoms with Crippen molar-refractivity contribution in [1.82, 2.24) is 4.90 Å². The van der Waals surface area contributed by atoms with Crippen LogP contribution in [0.4, 0.5) is 0 Å². The quantitative estimate of drug-likeness (QED) is 0.868. The predicted octanol–water partition coefficient (Wildman–Crippen LogP) is 1.41. The molecule has 1 aromatic rings. The SMILES string of the molecule is NCCC(=O)N1CCOc2ccc(Cl)cc2C1. The lowest BCUT2D eigenvalue weighted by molar-refractivity contribution is -0.131. The maximum absolute atomic E-state index is 11.8. The molecule has 4 nitrogen and oxygen atoms in total. The number of rotatable bonds is 2. The number of nitrogens with zero attached hydrogens (tertiary/aromatic N) is 1. The van der Waals surface area contributed by atoms with E-state index in [4.69, 9.17) is 22.1 Å². The molecule has 0 saturated heterocycles. The Morgan fingerprint density at radius 2 is 2.35 bits per heavy atom. The zero-order valence-corrected chi connectivity index (χ0v) is 10.2. The van der Waals surface area contributed by atoms with Crippen LogP contribution in [0.3, 0.4) is 0 Å². The molecular weight excluding hydrogens is 240 g/mol. The third-order valence-electron chi connectivity index (χ3n) is 2.71. The predicted molar refractivity (Wildman–Crippen MR) is 66.0 cm³/mol. The van der Waals surface area contributed by atoms with Gasteiger partial charge in [-0.1, -0.05) is 11.6 Å². The number of ether oxygens (including phenoxy) is 1. The molecule has 0 radical (unpaired) electrons. The number of hydrogen-bond acceptors (Lipinski definition) is 3. The van der Waals surface area contributed by atoms with E-state index in [1.807, 2.05) is 12.1 Å². The van der Waals surface area contributed by atoms with E-state index in [0.717, 1.165) is 11.3 Å². The Morgan fingerprint density at radius 3 is 3.12 bits per heavy atom. The summed E-state index contributed by atoms with van der Waals surface area (Å²) >= 11 is 5.94. The highest BCUT2D eigenvalue weighted by molar-refractivity contribution is 6.30. The molecule has 17 heavy (non-hydrogen) atoms. The van der Waals surface area contributed by atoms with Gasteiger partial charge in [-0.3, -0.25) is 4.79 Å². The van der Waals surface area contributed by atoms with E-state index in [1.165, 1.54) is 0 Å². The van der Waals surface area contributed by atoms with Crippen molar-refractivity contribution in [3.63, 3.8) is 0 Å². The maximum Gasteiger partial charge on any atom is 0.224 e. The zero-order valence-electron chi connectivity index (χ0n) is 9.49. The van der Waals surface area contributed by atoms with Crippen LogP contribution >= 0.6 is 11.6 Å². The lowest BCUT2D eigenvalue weighted by atomic mass is 10.2. The summed E-state index contributed by atoms with van der Waals surface area (Å²) in [7, 11) is 0. The number of amides is 1. The van der Waals surface area contributed by atoms with Crippen molar-refractivity contribution in [3.8, 4) is 5.75 Å². The van der Waals surface area contributed by atoms with Crippen molar-refractivity contribution < 1.29 is 9.53 Å². The number of fused-ring (bicyclic) bond motifs is 1. The Balaban J connectivity index is 2.18. The molecule has 0 atom stereocenters. The monoisotopic (exact) mass is 254 g/mol. The van der Waals surface area contributed by atoms with Crippen LogP contribution < -0.4 is 10.5 Å². The highest BCUT2D eigenvalue weighted by Crippen LogP contribution is 2.26. The number of nitrogens with two attached hydrogens (primary N) is 1. The molecule has 0 bridgehead atoms. The van der Waals surface area contributed by atoms with Crippen molar-refractivity contribution in [2.24, 2.45) is 5.73 Å². The van der Waals surface area contributed by atoms with Crippen molar-refractivity contribution >= 4 is 17.5 Å². The Hall–Kier alpha value is -1.26. The van der Waals surface area contributed by atoms with E-state index in [2.05, 4.69) is 0 Å². The highest BCUT2D eigenvalue weighted by Gasteiger charge is 2.19. The first-order valence-electron chi connectivity index (χ1n) is 5.60. The fourth-order valence-electron chi connectivity index (χ4n) is 1.86. The summed E-state index contributed by atoms with van der Waals surface area (Å²) < 4.78 is 5.58. The van der Waals surface area contributed by atoms with Gasteiger partial charge in [0.25, 0.3) is 0 Å². The average Bonchev–Trinajstić information content (AvgIpc) is 2.50. The number of benzene rings is 1. The molecule has 1 aliphatic rings. The van der Waals surface area contributed by atoms with Gasteiger partial charge in [-0.05, 0) is 18.2 Å². The molecule has 0 unspecified atom stereocenters. The largest absolute Gasteiger partial charge is 0.491 e. The van der Waals surface area contributed by atoms with Crippen molar-refractivity contribution in [3.05, 3.63) is 28.8 Å². The Bertz CT molecular complexity index is 423. The van der Waals surface area contributed by atoms with Gasteiger partial charge in [-0.2, -0.15) is 0 Å². The summed E-state index contributed by atoms with van der Waals surface area (Å²) in [5, 5.41) is 0.653. The molecule has 2 rings (SSSR count). The molecule has 0 fully saturated rings. The van der Waals surface area contributed by atoms with E-state index in [-0.39, 0.29) is 5.91 Å². The van der Waals surface area contributed by atoms with Crippen LogP contribution in [0.25, 0.3) is 0 Å². The Morgan fingerprint density at radius 1 is 1.53 bits per heavy atom. The van der Waals surface area contributed by atoms with E-state index < -0.39 is 0 Å². The second-order valence-electron chi connectivity index (χ2n) is 3.95. The normalized spacial score (nSPS) is 14.8. The van der Waals surface area contributed by atoms with Crippen LogP contribution in [-0.2, 0) is 11.3 Å². The van der Waals surface area contributed by atoms with Crippen LogP contribution in [-0.4, -0.2) is 30.5 Å². The van der Waals surface area contributed by atoms with Crippen molar-refractivity contribution in [1.29, 1.82) is 0 Å². The van der Waals surface area contributed by atoms with Gasteiger partial charge in [0.2, 0.25) is 5.91 Å². The van der Waals surface area contributed by atoms with E-state index in [1.54, 1.807) is 11.0 Å². The van der Waals surface area contributed by atoms with Gasteiger partial charge in [0.1, 0.15) is 12.4 Å². The van der Waals surface area contributed by atoms with Gasteiger partial charge in [0, 0.05) is 30.1 Å². The molecule has 2 N–H and O–H groups in total. The fraction of sp³-hybridized carbons (Fsp3) is 0.417. The second-order valence-corrected chi connectivity index (χ2v) is 4.39. The first-order chi connectivity index (χ1) is 8.20. The van der Waals surface area contributed by atoms with Gasteiger partial charge in [0.05, 0.1) is 6.54 Å². The summed E-state index contributed by atoms with van der Waals surface area (Å²) in [4.78, 5) is 13.6. The molecule has 1 heterocycles. The summed E-state index contributed by atoms with van der Waals surface area (Å²) in [6.45, 7) is 2.00. The Kier molecular flexibility index (Phi) is 3.86. The first-order valence-corrected chi connectivity index (χ1v) is 5.97. The smallest absolute Gasteiger partial charge is 0.224 e. The van der Waals surface area contributed by atoms with Gasteiger partial charge < -0.3 is 15.4 Å². The summed E-state index contributed by atoms with van der Waals surface area (Å²) in [5.74, 6) is 0.862. The van der Waals surface area contributed by atoms with Crippen molar-refractivity contribution in [2.45, 2.75) is 13.0 Å². The molecular formula is C12H15ClN2O2. The minimum absolute atomic E-state index is 0.0592. The van der Waals surface area contributed by atoms with Gasteiger partial charge in [-0.15, -0.1) is 0 Å². The van der Waals surface area contributed by atoms with Crippen LogP contribution in [0.15, 0.2) is 18.2 Å². The van der Waals surface area contributed by atoms with Crippen LogP contribution in [0.2, 0.25) is 5.02 Å². The molecule has 5 heteroatoms. The highest BCUT2D eigenvalue weighted by atomic mass is 35.5. The molecule has 1 aliphatic heterocycles. The number of carbonyl (C=O) groups is 1. The van der Waals surface area contributed by atoms with Gasteiger partial charge in [0.15, 0.2) is 0 Å². The molecule has 0 saturated carbocycles. The Labute approximate surface area is 105 Å². The molecule has 0 spiro atoms. The average molecular weight is 255 g/mol. The molecule has 92 valence electrons. The minimum atomic E-state index is 0.0592. The molecule has 0 aromatic heterocycles. The summed E-state index contributed by atoms with van der Waals surface area (Å²) in [5.41, 5.74) is 6.34. The van der Waals surface area contributed by atoms with Crippen LogP contribution in [0.1, 0.15) is 12.0 Å². The second kappa shape index (κ2) is 5.38. The molecule has 1 aromatic carbocycles. The standard InChI is InChI=1S/C12H15ClN2O2/c13-10-1-2-11-9(7-10)8-15(5-6-17-11)12(16)3-4-14/h1-2,7H,3-6,8,14H2. The summed E-state index contributed by atoms with van der Waals surface area (Å²) in [6.07, 6.45) is 0.371. The third kappa shape index (κ3) is 2.90. The van der Waals surface area contributed by atoms with Crippen LogP contribution in [0.5, 0.6) is 5.75 Å². The fourth-order valence-corrected chi connectivity index (χ4v) is 2.05. The van der Waals surface area contributed by atoms with E-state index in [9.17, 15) is 4.79 Å². The number of halogens is 1. The van der Waals surface area contributed by atoms with E-state index >= 15 is 0 Å². The molecule has 1 amide bonds. The first kappa shape index (κ1) is 12.2. The lowest BCUT2D eigenvalue weighted by Gasteiger charge is -2.19. The topological polar surface area (TPSA) is 55.6 Å². The summed E-state index contributed by atoms with van der Waals surface area (Å²) in [6, 6.07) is 5.47. The number of carbonyl (C=O) groups excluding carboxylic acids is 1. The van der Waals surface area contributed by atoms with Crippen molar-refractivity contribution in [2.75, 3.05) is 19.7 Å². The minimum Gasteiger partial charge on any atom is -0.491 e. The van der Waals surface area contributed by atoms with Gasteiger partial charge in [-0.25, -0.2) is 0 Å². The maximum atomic E-state index is 11.8. The lowest BCUT2D eigenvalue weighted by Crippen LogP contribution is -2.33. The van der Waals surface area contributed by atoms with Gasteiger partial charge >= 0.3 is 0 Å².